The average molecular weight is 275 g/mol. The summed E-state index contributed by atoms with van der Waals surface area (Å²) >= 11 is 0. The summed E-state index contributed by atoms with van der Waals surface area (Å²) < 4.78 is 1.46. The van der Waals surface area contributed by atoms with E-state index in [1.807, 2.05) is 13.8 Å². The van der Waals surface area contributed by atoms with Crippen LogP contribution in [0, 0.1) is 0 Å². The molecule has 0 atom stereocenters. The van der Waals surface area contributed by atoms with Crippen molar-refractivity contribution in [3.05, 3.63) is 29.5 Å². The number of hydrogen-bond acceptors (Lipinski definition) is 3. The molecule has 0 aliphatic rings. The predicted octanol–water partition coefficient (Wildman–Crippen LogP) is 1.75. The Hall–Kier alpha value is -2.37. The van der Waals surface area contributed by atoms with E-state index in [4.69, 9.17) is 0 Å². The van der Waals surface area contributed by atoms with Crippen LogP contribution >= 0.6 is 0 Å². The van der Waals surface area contributed by atoms with Gasteiger partial charge in [0.15, 0.2) is 0 Å². The molecule has 0 bridgehead atoms. The Labute approximate surface area is 116 Å². The number of benzene rings is 1. The molecule has 0 unspecified atom stereocenters. The van der Waals surface area contributed by atoms with Crippen molar-refractivity contribution < 1.29 is 14.7 Å². The maximum Gasteiger partial charge on any atom is 0.337 e. The normalized spacial score (nSPS) is 10.8. The third kappa shape index (κ3) is 2.13. The number of carbonyl (C=O) groups is 2. The Morgan fingerprint density at radius 2 is 1.95 bits per heavy atom. The highest BCUT2D eigenvalue weighted by atomic mass is 16.4. The number of fused-ring (bicyclic) bond motifs is 1. The largest absolute Gasteiger partial charge is 0.478 e. The molecule has 2 aromatic rings. The minimum Gasteiger partial charge on any atom is -0.478 e. The summed E-state index contributed by atoms with van der Waals surface area (Å²) in [5, 5.41) is 13.9. The summed E-state index contributed by atoms with van der Waals surface area (Å²) in [6.45, 7) is 5.01. The second kappa shape index (κ2) is 5.32. The zero-order valence-electron chi connectivity index (χ0n) is 11.8. The number of nitrogens with zero attached hydrogens (tertiary/aromatic N) is 3. The fourth-order valence-corrected chi connectivity index (χ4v) is 2.30. The number of carboxylic acid groups (broad SMARTS) is 1. The number of amides is 1. The van der Waals surface area contributed by atoms with Crippen LogP contribution in [-0.4, -0.2) is 44.8 Å². The van der Waals surface area contributed by atoms with Gasteiger partial charge in [0.25, 0.3) is 5.91 Å². The summed E-state index contributed by atoms with van der Waals surface area (Å²) in [4.78, 5) is 25.4. The zero-order valence-corrected chi connectivity index (χ0v) is 11.8. The lowest BCUT2D eigenvalue weighted by atomic mass is 10.1. The van der Waals surface area contributed by atoms with Gasteiger partial charge in [-0.3, -0.25) is 9.48 Å². The maximum absolute atomic E-state index is 12.5. The lowest BCUT2D eigenvalue weighted by molar-refractivity contribution is 0.0697. The first kappa shape index (κ1) is 14.0. The van der Waals surface area contributed by atoms with Gasteiger partial charge in [-0.15, -0.1) is 0 Å². The first-order valence-electron chi connectivity index (χ1n) is 6.49. The number of hydrogen-bond donors (Lipinski definition) is 1. The molecule has 6 heteroatoms. The highest BCUT2D eigenvalue weighted by molar-refractivity contribution is 6.10. The molecule has 2 rings (SSSR count). The molecule has 0 radical (unpaired) electrons. The Morgan fingerprint density at radius 3 is 2.50 bits per heavy atom. The second-order valence-corrected chi connectivity index (χ2v) is 4.46. The van der Waals surface area contributed by atoms with E-state index in [0.29, 0.717) is 29.7 Å². The van der Waals surface area contributed by atoms with Crippen LogP contribution in [-0.2, 0) is 7.05 Å². The van der Waals surface area contributed by atoms with Crippen LogP contribution < -0.4 is 0 Å². The quantitative estimate of drug-likeness (QED) is 0.922. The van der Waals surface area contributed by atoms with E-state index < -0.39 is 5.97 Å². The van der Waals surface area contributed by atoms with Gasteiger partial charge in [-0.2, -0.15) is 5.10 Å². The van der Waals surface area contributed by atoms with Crippen molar-refractivity contribution in [1.82, 2.24) is 14.7 Å². The Bertz CT molecular complexity index is 672. The van der Waals surface area contributed by atoms with Gasteiger partial charge in [-0.25, -0.2) is 4.79 Å². The van der Waals surface area contributed by atoms with Crippen LogP contribution in [0.3, 0.4) is 0 Å². The van der Waals surface area contributed by atoms with E-state index in [9.17, 15) is 14.7 Å². The molecule has 1 amide bonds. The zero-order chi connectivity index (χ0) is 14.9. The van der Waals surface area contributed by atoms with Crippen molar-refractivity contribution in [2.75, 3.05) is 13.1 Å². The molecular weight excluding hydrogens is 258 g/mol. The standard InChI is InChI=1S/C14H17N3O3/c1-4-17(5-2)13(18)12-9-7-6-8-10(14(19)20)11(9)15-16(12)3/h6-8H,4-5H2,1-3H3,(H,19,20). The summed E-state index contributed by atoms with van der Waals surface area (Å²) in [5.74, 6) is -1.18. The van der Waals surface area contributed by atoms with Gasteiger partial charge in [-0.1, -0.05) is 12.1 Å². The van der Waals surface area contributed by atoms with Crippen molar-refractivity contribution in [1.29, 1.82) is 0 Å². The molecule has 106 valence electrons. The summed E-state index contributed by atoms with van der Waals surface area (Å²) in [6.07, 6.45) is 0. The maximum atomic E-state index is 12.5. The third-order valence-electron chi connectivity index (χ3n) is 3.35. The molecule has 0 saturated heterocycles. The number of aromatic carboxylic acids is 1. The predicted molar refractivity (Wildman–Crippen MR) is 74.9 cm³/mol. The minimum atomic E-state index is -1.05. The molecule has 20 heavy (non-hydrogen) atoms. The van der Waals surface area contributed by atoms with E-state index in [1.54, 1.807) is 24.1 Å². The van der Waals surface area contributed by atoms with Crippen LogP contribution in [0.5, 0.6) is 0 Å². The Balaban J connectivity index is 2.66. The van der Waals surface area contributed by atoms with Crippen molar-refractivity contribution >= 4 is 22.8 Å². The third-order valence-corrected chi connectivity index (χ3v) is 3.35. The van der Waals surface area contributed by atoms with Gasteiger partial charge in [0.1, 0.15) is 11.2 Å². The molecule has 1 aromatic carbocycles. The van der Waals surface area contributed by atoms with Crippen molar-refractivity contribution in [2.45, 2.75) is 13.8 Å². The van der Waals surface area contributed by atoms with E-state index in [0.717, 1.165) is 0 Å². The summed E-state index contributed by atoms with van der Waals surface area (Å²) in [7, 11) is 1.66. The number of carbonyl (C=O) groups excluding carboxylic acids is 1. The smallest absolute Gasteiger partial charge is 0.337 e. The lowest BCUT2D eigenvalue weighted by Gasteiger charge is -2.18. The summed E-state index contributed by atoms with van der Waals surface area (Å²) in [6, 6.07) is 4.85. The van der Waals surface area contributed by atoms with Crippen LogP contribution in [0.4, 0.5) is 0 Å². The number of aromatic nitrogens is 2. The van der Waals surface area contributed by atoms with Gasteiger partial charge >= 0.3 is 5.97 Å². The minimum absolute atomic E-state index is 0.108. The average Bonchev–Trinajstić information content (AvgIpc) is 2.75. The molecule has 0 saturated carbocycles. The van der Waals surface area contributed by atoms with Crippen LogP contribution in [0.25, 0.3) is 10.9 Å². The van der Waals surface area contributed by atoms with Gasteiger partial charge in [0, 0.05) is 25.5 Å². The topological polar surface area (TPSA) is 75.4 Å². The van der Waals surface area contributed by atoms with Crippen molar-refractivity contribution in [2.24, 2.45) is 7.05 Å². The van der Waals surface area contributed by atoms with E-state index >= 15 is 0 Å². The first-order valence-corrected chi connectivity index (χ1v) is 6.49. The van der Waals surface area contributed by atoms with Gasteiger partial charge in [0.05, 0.1) is 5.56 Å². The highest BCUT2D eigenvalue weighted by Crippen LogP contribution is 2.22. The fraction of sp³-hybridized carbons (Fsp3) is 0.357. The molecule has 6 nitrogen and oxygen atoms in total. The molecule has 1 heterocycles. The SMILES string of the molecule is CCN(CC)C(=O)c1c2cccc(C(=O)O)c2nn1C. The second-order valence-electron chi connectivity index (χ2n) is 4.46. The van der Waals surface area contributed by atoms with E-state index in [-0.39, 0.29) is 11.5 Å². The molecule has 1 N–H and O–H groups in total. The van der Waals surface area contributed by atoms with Gasteiger partial charge in [0.2, 0.25) is 0 Å². The molecular formula is C14H17N3O3. The number of aryl methyl sites for hydroxylation is 1. The van der Waals surface area contributed by atoms with E-state index in [1.165, 1.54) is 10.7 Å². The Morgan fingerprint density at radius 1 is 1.30 bits per heavy atom. The highest BCUT2D eigenvalue weighted by Gasteiger charge is 2.23. The van der Waals surface area contributed by atoms with Crippen LogP contribution in [0.2, 0.25) is 0 Å². The molecule has 0 spiro atoms. The van der Waals surface area contributed by atoms with Crippen LogP contribution in [0.1, 0.15) is 34.7 Å². The van der Waals surface area contributed by atoms with Gasteiger partial charge in [-0.05, 0) is 19.9 Å². The fourth-order valence-electron chi connectivity index (χ4n) is 2.30. The molecule has 0 fully saturated rings. The van der Waals surface area contributed by atoms with Crippen molar-refractivity contribution in [3.63, 3.8) is 0 Å². The number of carboxylic acids is 1. The Kier molecular flexibility index (Phi) is 3.74. The van der Waals surface area contributed by atoms with Gasteiger partial charge < -0.3 is 10.0 Å². The van der Waals surface area contributed by atoms with Crippen molar-refractivity contribution in [3.8, 4) is 0 Å². The number of rotatable bonds is 4. The molecule has 0 aliphatic carbocycles. The van der Waals surface area contributed by atoms with E-state index in [2.05, 4.69) is 5.10 Å². The summed E-state index contributed by atoms with van der Waals surface area (Å²) in [5.41, 5.74) is 0.876. The molecule has 1 aromatic heterocycles. The molecule has 0 aliphatic heterocycles. The lowest BCUT2D eigenvalue weighted by Crippen LogP contribution is -2.32. The van der Waals surface area contributed by atoms with Crippen LogP contribution in [0.15, 0.2) is 18.2 Å². The monoisotopic (exact) mass is 275 g/mol. The first-order chi connectivity index (χ1) is 9.51.